The van der Waals surface area contributed by atoms with Crippen LogP contribution in [0.5, 0.6) is 0 Å². The number of esters is 2. The van der Waals surface area contributed by atoms with Gasteiger partial charge < -0.3 is 19.1 Å². The molecule has 1 aromatic heterocycles. The van der Waals surface area contributed by atoms with Crippen LogP contribution in [0.1, 0.15) is 51.4 Å². The number of nitrogens with one attached hydrogen (secondary N) is 2. The Hall–Kier alpha value is -6.91. The van der Waals surface area contributed by atoms with E-state index in [0.29, 0.717) is 13.0 Å². The Labute approximate surface area is 302 Å². The van der Waals surface area contributed by atoms with Gasteiger partial charge in [0, 0.05) is 60.2 Å². The van der Waals surface area contributed by atoms with Crippen molar-refractivity contribution in [2.45, 2.75) is 39.4 Å². The van der Waals surface area contributed by atoms with Gasteiger partial charge in [-0.2, -0.15) is 5.10 Å². The van der Waals surface area contributed by atoms with Crippen molar-refractivity contribution in [3.05, 3.63) is 123 Å². The number of nitro benzene ring substituents is 1. The van der Waals surface area contributed by atoms with Gasteiger partial charge in [0.1, 0.15) is 18.4 Å². The van der Waals surface area contributed by atoms with Crippen molar-refractivity contribution in [2.24, 2.45) is 0 Å². The van der Waals surface area contributed by atoms with Crippen LogP contribution in [-0.4, -0.2) is 81.3 Å². The second-order valence-corrected chi connectivity index (χ2v) is 11.7. The molecule has 3 aromatic carbocycles. The number of hydrogen-bond donors (Lipinski definition) is 2. The van der Waals surface area contributed by atoms with Crippen LogP contribution in [0.15, 0.2) is 85.1 Å². The molecule has 0 spiro atoms. The van der Waals surface area contributed by atoms with E-state index in [2.05, 4.69) is 10.4 Å². The van der Waals surface area contributed by atoms with Gasteiger partial charge in [-0.3, -0.25) is 44.8 Å². The minimum atomic E-state index is -1.06. The van der Waals surface area contributed by atoms with Gasteiger partial charge in [-0.1, -0.05) is 30.3 Å². The Balaban J connectivity index is 1.26. The van der Waals surface area contributed by atoms with Crippen molar-refractivity contribution in [3.8, 4) is 0 Å². The van der Waals surface area contributed by atoms with Crippen molar-refractivity contribution in [1.29, 1.82) is 5.41 Å². The number of ether oxygens (including phenoxy) is 3. The van der Waals surface area contributed by atoms with Crippen LogP contribution in [0, 0.1) is 15.5 Å². The number of anilines is 1. The van der Waals surface area contributed by atoms with Gasteiger partial charge in [0.25, 0.3) is 11.6 Å². The molecule has 17 nitrogen and oxygen atoms in total. The summed E-state index contributed by atoms with van der Waals surface area (Å²) < 4.78 is 16.2. The summed E-state index contributed by atoms with van der Waals surface area (Å²) in [6.07, 6.45) is 1.05. The van der Waals surface area contributed by atoms with E-state index in [-0.39, 0.29) is 53.6 Å². The molecule has 17 heteroatoms. The lowest BCUT2D eigenvalue weighted by atomic mass is 10.1. The van der Waals surface area contributed by atoms with Gasteiger partial charge in [-0.15, -0.1) is 0 Å². The molecule has 5 rings (SSSR count). The molecule has 0 radical (unpaired) electrons. The number of aromatic nitrogens is 2. The largest absolute Gasteiger partial charge is 0.465 e. The normalized spacial score (nSPS) is 12.5. The monoisotopic (exact) mass is 725 g/mol. The smallest absolute Gasteiger partial charge is 0.415 e. The third-order valence-corrected chi connectivity index (χ3v) is 8.15. The molecule has 4 aromatic rings. The van der Waals surface area contributed by atoms with Crippen LogP contribution < -0.4 is 10.2 Å². The molecule has 0 unspecified atom stereocenters. The molecule has 0 saturated carbocycles. The number of nitrogens with zero attached hydrogens (tertiary/aromatic N) is 5. The van der Waals surface area contributed by atoms with Gasteiger partial charge in [-0.25, -0.2) is 9.59 Å². The van der Waals surface area contributed by atoms with E-state index in [0.717, 1.165) is 11.3 Å². The first kappa shape index (κ1) is 37.3. The second-order valence-electron chi connectivity index (χ2n) is 11.7. The van der Waals surface area contributed by atoms with Gasteiger partial charge in [0.2, 0.25) is 12.7 Å². The van der Waals surface area contributed by atoms with Crippen molar-refractivity contribution >= 4 is 47.1 Å². The summed E-state index contributed by atoms with van der Waals surface area (Å²) in [5.41, 5.74) is 2.12. The number of carbonyl (C=O) groups excluding carboxylic acids is 5. The van der Waals surface area contributed by atoms with E-state index in [4.69, 9.17) is 19.6 Å². The maximum absolute atomic E-state index is 14.1. The molecule has 53 heavy (non-hydrogen) atoms. The standard InChI is InChI=1S/C36H35N7O10/c1-3-51-31(44)21-41-20-27-19-40(18-17-30(27)39-41)33(45)23(2)42(28-13-15-29(16-14-28)43(49)50)34(46)25-11-9-24(10-12-25)32(37)38-36(48)53-22-52-35(47)26-7-5-4-6-8-26/h4-16,20,23H,3,17-19,21-22H2,1-2H3,(H2,37,38,48)/t23-/m0/s1. The van der Waals surface area contributed by atoms with Crippen molar-refractivity contribution in [3.63, 3.8) is 0 Å². The molecule has 2 heterocycles. The Morgan fingerprint density at radius 1 is 0.943 bits per heavy atom. The topological polar surface area (TPSA) is 216 Å². The first-order chi connectivity index (χ1) is 25.4. The van der Waals surface area contributed by atoms with Crippen LogP contribution in [0.4, 0.5) is 16.2 Å². The van der Waals surface area contributed by atoms with Crippen LogP contribution >= 0.6 is 0 Å². The second kappa shape index (κ2) is 16.9. The molecule has 1 atom stereocenters. The zero-order chi connectivity index (χ0) is 38.1. The highest BCUT2D eigenvalue weighted by Crippen LogP contribution is 2.26. The minimum Gasteiger partial charge on any atom is -0.465 e. The Morgan fingerprint density at radius 2 is 1.62 bits per heavy atom. The number of nitro groups is 1. The number of amidine groups is 1. The van der Waals surface area contributed by atoms with E-state index >= 15 is 0 Å². The summed E-state index contributed by atoms with van der Waals surface area (Å²) in [7, 11) is 0. The van der Waals surface area contributed by atoms with E-state index in [9.17, 15) is 34.1 Å². The highest BCUT2D eigenvalue weighted by Gasteiger charge is 2.34. The summed E-state index contributed by atoms with van der Waals surface area (Å²) in [6, 6.07) is 17.9. The number of fused-ring (bicyclic) bond motifs is 1. The van der Waals surface area contributed by atoms with E-state index in [1.165, 1.54) is 70.2 Å². The number of carbonyl (C=O) groups is 5. The van der Waals surface area contributed by atoms with Crippen molar-refractivity contribution in [2.75, 3.05) is 24.8 Å². The lowest BCUT2D eigenvalue weighted by molar-refractivity contribution is -0.384. The summed E-state index contributed by atoms with van der Waals surface area (Å²) in [5, 5.41) is 26.2. The zero-order valence-corrected chi connectivity index (χ0v) is 28.7. The first-order valence-corrected chi connectivity index (χ1v) is 16.4. The average Bonchev–Trinajstić information content (AvgIpc) is 3.56. The van der Waals surface area contributed by atoms with Crippen molar-refractivity contribution in [1.82, 2.24) is 20.0 Å². The molecule has 3 amide bonds. The lowest BCUT2D eigenvalue weighted by Gasteiger charge is -2.34. The van der Waals surface area contributed by atoms with Crippen LogP contribution in [0.25, 0.3) is 0 Å². The fourth-order valence-electron chi connectivity index (χ4n) is 5.53. The van der Waals surface area contributed by atoms with E-state index in [1.807, 2.05) is 0 Å². The van der Waals surface area contributed by atoms with E-state index < -0.39 is 47.6 Å². The molecule has 0 bridgehead atoms. The molecule has 2 N–H and O–H groups in total. The van der Waals surface area contributed by atoms with Gasteiger partial charge in [0.05, 0.1) is 22.8 Å². The number of alkyl carbamates (subject to hydrolysis) is 1. The SMILES string of the molecule is CCOC(=O)Cn1cc2c(n1)CCN(C(=O)[C@H](C)N(C(=O)c1ccc(C(=N)NC(=O)OCOC(=O)c3ccccc3)cc1)c1ccc([N+](=O)[O-])cc1)C2. The van der Waals surface area contributed by atoms with Gasteiger partial charge in [-0.05, 0) is 50.2 Å². The number of rotatable bonds is 12. The molecular formula is C36H35N7O10. The third-order valence-electron chi connectivity index (χ3n) is 8.15. The number of non-ortho nitro benzene ring substituents is 1. The Bertz CT molecular complexity index is 2010. The molecule has 0 saturated heterocycles. The lowest BCUT2D eigenvalue weighted by Crippen LogP contribution is -2.50. The predicted octanol–water partition coefficient (Wildman–Crippen LogP) is 3.84. The summed E-state index contributed by atoms with van der Waals surface area (Å²) >= 11 is 0. The zero-order valence-electron chi connectivity index (χ0n) is 28.7. The average molecular weight is 726 g/mol. The summed E-state index contributed by atoms with van der Waals surface area (Å²) in [4.78, 5) is 77.8. The number of benzene rings is 3. The Morgan fingerprint density at radius 3 is 2.28 bits per heavy atom. The predicted molar refractivity (Wildman–Crippen MR) is 187 cm³/mol. The maximum atomic E-state index is 14.1. The van der Waals surface area contributed by atoms with Crippen LogP contribution in [-0.2, 0) is 43.3 Å². The molecule has 1 aliphatic heterocycles. The molecule has 0 fully saturated rings. The molecule has 0 aliphatic carbocycles. The first-order valence-electron chi connectivity index (χ1n) is 16.4. The quantitative estimate of drug-likeness (QED) is 0.0534. The van der Waals surface area contributed by atoms with Gasteiger partial charge >= 0.3 is 18.0 Å². The molecule has 1 aliphatic rings. The summed E-state index contributed by atoms with van der Waals surface area (Å²) in [6.45, 7) is 3.23. The highest BCUT2D eigenvalue weighted by molar-refractivity contribution is 6.11. The van der Waals surface area contributed by atoms with Crippen molar-refractivity contribution < 1.29 is 43.1 Å². The number of hydrogen-bond acceptors (Lipinski definition) is 12. The molecule has 274 valence electrons. The van der Waals surface area contributed by atoms with Gasteiger partial charge in [0.15, 0.2) is 0 Å². The number of amides is 3. The summed E-state index contributed by atoms with van der Waals surface area (Å²) in [5.74, 6) is -2.50. The fourth-order valence-corrected chi connectivity index (χ4v) is 5.53. The highest BCUT2D eigenvalue weighted by atomic mass is 16.7. The third kappa shape index (κ3) is 9.26. The molecular weight excluding hydrogens is 690 g/mol. The Kier molecular flexibility index (Phi) is 11.9. The fraction of sp³-hybridized carbons (Fsp3) is 0.250. The van der Waals surface area contributed by atoms with Crippen LogP contribution in [0.3, 0.4) is 0 Å². The maximum Gasteiger partial charge on any atom is 0.415 e. The minimum absolute atomic E-state index is 0.0711. The van der Waals surface area contributed by atoms with E-state index in [1.54, 1.807) is 43.1 Å². The van der Waals surface area contributed by atoms with Crippen LogP contribution in [0.2, 0.25) is 0 Å².